The van der Waals surface area contributed by atoms with Gasteiger partial charge >= 0.3 is 5.97 Å². The van der Waals surface area contributed by atoms with Gasteiger partial charge in [-0.25, -0.2) is 9.48 Å². The van der Waals surface area contributed by atoms with Gasteiger partial charge in [-0.05, 0) is 48.4 Å². The maximum atomic E-state index is 12.7. The predicted molar refractivity (Wildman–Crippen MR) is 91.9 cm³/mol. The highest BCUT2D eigenvalue weighted by molar-refractivity contribution is 5.94. The minimum Gasteiger partial charge on any atom is -0.478 e. The van der Waals surface area contributed by atoms with Gasteiger partial charge in [0.05, 0.1) is 17.6 Å². The summed E-state index contributed by atoms with van der Waals surface area (Å²) in [5.74, 6) is 0.345. The summed E-state index contributed by atoms with van der Waals surface area (Å²) < 4.78 is 1.57. The van der Waals surface area contributed by atoms with Gasteiger partial charge in [0.1, 0.15) is 5.56 Å². The molecule has 2 heterocycles. The first kappa shape index (κ1) is 15.9. The number of aromatic nitrogens is 2. The number of piperidine rings is 1. The molecule has 130 valence electrons. The van der Waals surface area contributed by atoms with Crippen LogP contribution in [0.25, 0.3) is 5.69 Å². The fourth-order valence-corrected chi connectivity index (χ4v) is 4.11. The Morgan fingerprint density at radius 1 is 1.16 bits per heavy atom. The molecular weight excluding hydrogens is 318 g/mol. The van der Waals surface area contributed by atoms with Gasteiger partial charge < -0.3 is 10.0 Å². The number of aromatic carboxylic acids is 1. The molecule has 1 aliphatic carbocycles. The van der Waals surface area contributed by atoms with Crippen LogP contribution >= 0.6 is 0 Å². The van der Waals surface area contributed by atoms with Crippen LogP contribution in [0.2, 0.25) is 0 Å². The van der Waals surface area contributed by atoms with Crippen LogP contribution in [0, 0.1) is 24.2 Å². The van der Waals surface area contributed by atoms with Crippen molar-refractivity contribution in [2.24, 2.45) is 17.3 Å². The molecule has 2 aliphatic rings. The van der Waals surface area contributed by atoms with Gasteiger partial charge in [0.2, 0.25) is 0 Å². The SMILES string of the molecule is Cc1c(C(=O)O)cnn1-c1ccc(C(=O)N2C[C@@H]3[C@H](C2)C3(C)C)cc1. The second-order valence-corrected chi connectivity index (χ2v) is 7.65. The summed E-state index contributed by atoms with van der Waals surface area (Å²) in [6.45, 7) is 7.96. The lowest BCUT2D eigenvalue weighted by molar-refractivity contribution is 0.0694. The molecule has 1 aliphatic heterocycles. The van der Waals surface area contributed by atoms with E-state index >= 15 is 0 Å². The van der Waals surface area contributed by atoms with Crippen LogP contribution in [-0.4, -0.2) is 44.8 Å². The first-order valence-corrected chi connectivity index (χ1v) is 8.48. The molecule has 1 aromatic carbocycles. The third kappa shape index (κ3) is 2.35. The van der Waals surface area contributed by atoms with Crippen molar-refractivity contribution in [3.8, 4) is 5.69 Å². The molecule has 6 nitrogen and oxygen atoms in total. The summed E-state index contributed by atoms with van der Waals surface area (Å²) >= 11 is 0. The number of hydrogen-bond donors (Lipinski definition) is 1. The van der Waals surface area contributed by atoms with Gasteiger partial charge in [0.25, 0.3) is 5.91 Å². The lowest BCUT2D eigenvalue weighted by atomic mass is 10.1. The monoisotopic (exact) mass is 339 g/mol. The molecule has 1 N–H and O–H groups in total. The summed E-state index contributed by atoms with van der Waals surface area (Å²) in [5.41, 5.74) is 2.53. The van der Waals surface area contributed by atoms with Gasteiger partial charge in [-0.15, -0.1) is 0 Å². The number of carbonyl (C=O) groups excluding carboxylic acids is 1. The standard InChI is InChI=1S/C19H21N3O3/c1-11-14(18(24)25)8-20-22(11)13-6-4-12(5-7-13)17(23)21-9-15-16(10-21)19(15,2)3/h4-8,15-16H,9-10H2,1-3H3,(H,24,25)/t15-,16+. The Kier molecular flexibility index (Phi) is 3.29. The lowest BCUT2D eigenvalue weighted by Gasteiger charge is -2.22. The maximum Gasteiger partial charge on any atom is 0.339 e. The van der Waals surface area contributed by atoms with Crippen LogP contribution in [0.1, 0.15) is 40.3 Å². The second-order valence-electron chi connectivity index (χ2n) is 7.65. The highest BCUT2D eigenvalue weighted by atomic mass is 16.4. The number of fused-ring (bicyclic) bond motifs is 1. The van der Waals surface area contributed by atoms with Crippen LogP contribution < -0.4 is 0 Å². The molecule has 2 atom stereocenters. The van der Waals surface area contributed by atoms with E-state index in [9.17, 15) is 9.59 Å². The predicted octanol–water partition coefficient (Wildman–Crippen LogP) is 2.61. The molecule has 2 fully saturated rings. The average Bonchev–Trinajstić information content (AvgIpc) is 2.99. The Labute approximate surface area is 146 Å². The number of hydrogen-bond acceptors (Lipinski definition) is 3. The summed E-state index contributed by atoms with van der Waals surface area (Å²) in [5, 5.41) is 13.3. The quantitative estimate of drug-likeness (QED) is 0.933. The Morgan fingerprint density at radius 3 is 2.28 bits per heavy atom. The second kappa shape index (κ2) is 5.18. The van der Waals surface area contributed by atoms with Crippen molar-refractivity contribution < 1.29 is 14.7 Å². The van der Waals surface area contributed by atoms with Gasteiger partial charge in [-0.1, -0.05) is 13.8 Å². The zero-order valence-corrected chi connectivity index (χ0v) is 14.6. The van der Waals surface area contributed by atoms with E-state index in [0.717, 1.165) is 18.8 Å². The molecule has 1 saturated carbocycles. The van der Waals surface area contributed by atoms with E-state index in [0.29, 0.717) is 28.5 Å². The van der Waals surface area contributed by atoms with Crippen LogP contribution in [-0.2, 0) is 0 Å². The van der Waals surface area contributed by atoms with Crippen molar-refractivity contribution in [3.05, 3.63) is 47.3 Å². The number of nitrogens with zero attached hydrogens (tertiary/aromatic N) is 3. The summed E-state index contributed by atoms with van der Waals surface area (Å²) in [4.78, 5) is 25.7. The third-order valence-corrected chi connectivity index (χ3v) is 6.01. The highest BCUT2D eigenvalue weighted by Crippen LogP contribution is 2.62. The van der Waals surface area contributed by atoms with E-state index in [1.54, 1.807) is 35.9 Å². The van der Waals surface area contributed by atoms with E-state index in [1.165, 1.54) is 6.20 Å². The number of likely N-dealkylation sites (tertiary alicyclic amines) is 1. The maximum absolute atomic E-state index is 12.7. The Hall–Kier alpha value is -2.63. The molecule has 0 radical (unpaired) electrons. The Morgan fingerprint density at radius 2 is 1.76 bits per heavy atom. The fraction of sp³-hybridized carbons (Fsp3) is 0.421. The van der Waals surface area contributed by atoms with Crippen molar-refractivity contribution in [2.75, 3.05) is 13.1 Å². The van der Waals surface area contributed by atoms with Crippen molar-refractivity contribution >= 4 is 11.9 Å². The minimum absolute atomic E-state index is 0.0676. The van der Waals surface area contributed by atoms with Crippen molar-refractivity contribution in [2.45, 2.75) is 20.8 Å². The van der Waals surface area contributed by atoms with Gasteiger partial charge in [0.15, 0.2) is 0 Å². The Bertz CT molecular complexity index is 853. The number of carbonyl (C=O) groups is 2. The molecule has 25 heavy (non-hydrogen) atoms. The Balaban J connectivity index is 1.51. The first-order chi connectivity index (χ1) is 11.8. The van der Waals surface area contributed by atoms with Crippen LogP contribution in [0.15, 0.2) is 30.5 Å². The van der Waals surface area contributed by atoms with E-state index in [4.69, 9.17) is 5.11 Å². The average molecular weight is 339 g/mol. The topological polar surface area (TPSA) is 75.4 Å². The molecule has 1 aromatic heterocycles. The molecular formula is C19H21N3O3. The summed E-state index contributed by atoms with van der Waals surface area (Å²) in [6.07, 6.45) is 1.34. The molecule has 1 amide bonds. The number of carboxylic acids is 1. The van der Waals surface area contributed by atoms with E-state index in [2.05, 4.69) is 18.9 Å². The normalized spacial score (nSPS) is 23.4. The van der Waals surface area contributed by atoms with Gasteiger partial charge in [0, 0.05) is 18.7 Å². The number of amides is 1. The molecule has 0 spiro atoms. The van der Waals surface area contributed by atoms with E-state index in [-0.39, 0.29) is 11.5 Å². The van der Waals surface area contributed by atoms with Crippen molar-refractivity contribution in [1.29, 1.82) is 0 Å². The third-order valence-electron chi connectivity index (χ3n) is 6.01. The minimum atomic E-state index is -0.994. The number of carboxylic acid groups (broad SMARTS) is 1. The van der Waals surface area contributed by atoms with Gasteiger partial charge in [-0.2, -0.15) is 5.10 Å². The van der Waals surface area contributed by atoms with E-state index < -0.39 is 5.97 Å². The number of rotatable bonds is 3. The van der Waals surface area contributed by atoms with Gasteiger partial charge in [-0.3, -0.25) is 4.79 Å². The largest absolute Gasteiger partial charge is 0.478 e. The van der Waals surface area contributed by atoms with Crippen LogP contribution in [0.3, 0.4) is 0 Å². The summed E-state index contributed by atoms with van der Waals surface area (Å²) in [6, 6.07) is 7.18. The molecule has 0 bridgehead atoms. The molecule has 2 aromatic rings. The zero-order valence-electron chi connectivity index (χ0n) is 14.6. The molecule has 0 unspecified atom stereocenters. The lowest BCUT2D eigenvalue weighted by Crippen LogP contribution is -2.32. The fourth-order valence-electron chi connectivity index (χ4n) is 4.11. The molecule has 6 heteroatoms. The molecule has 4 rings (SSSR count). The molecule has 1 saturated heterocycles. The van der Waals surface area contributed by atoms with Crippen LogP contribution in [0.5, 0.6) is 0 Å². The van der Waals surface area contributed by atoms with Crippen molar-refractivity contribution in [3.63, 3.8) is 0 Å². The zero-order chi connectivity index (χ0) is 17.9. The number of benzene rings is 1. The van der Waals surface area contributed by atoms with Crippen molar-refractivity contribution in [1.82, 2.24) is 14.7 Å². The smallest absolute Gasteiger partial charge is 0.339 e. The van der Waals surface area contributed by atoms with E-state index in [1.807, 2.05) is 4.90 Å². The summed E-state index contributed by atoms with van der Waals surface area (Å²) in [7, 11) is 0. The van der Waals surface area contributed by atoms with Crippen LogP contribution in [0.4, 0.5) is 0 Å². The first-order valence-electron chi connectivity index (χ1n) is 8.48. The highest BCUT2D eigenvalue weighted by Gasteiger charge is 2.62.